The lowest BCUT2D eigenvalue weighted by atomic mass is 10.2. The molecule has 2 N–H and O–H groups in total. The van der Waals surface area contributed by atoms with Crippen molar-refractivity contribution in [2.45, 2.75) is 39.0 Å². The fourth-order valence-corrected chi connectivity index (χ4v) is 2.33. The van der Waals surface area contributed by atoms with Crippen molar-refractivity contribution in [3.63, 3.8) is 0 Å². The number of guanidine groups is 1. The molecule has 0 bridgehead atoms. The summed E-state index contributed by atoms with van der Waals surface area (Å²) in [6.07, 6.45) is 9.78. The summed E-state index contributed by atoms with van der Waals surface area (Å²) < 4.78 is 7.48. The first-order valence-electron chi connectivity index (χ1n) is 8.85. The zero-order valence-electron chi connectivity index (χ0n) is 15.0. The van der Waals surface area contributed by atoms with Crippen LogP contribution in [0.3, 0.4) is 0 Å². The van der Waals surface area contributed by atoms with E-state index in [0.29, 0.717) is 0 Å². The Morgan fingerprint density at radius 1 is 1.38 bits per heavy atom. The fourth-order valence-electron chi connectivity index (χ4n) is 2.33. The van der Waals surface area contributed by atoms with Gasteiger partial charge in [0.1, 0.15) is 0 Å². The Bertz CT molecular complexity index is 473. The van der Waals surface area contributed by atoms with E-state index in [-0.39, 0.29) is 24.0 Å². The maximum Gasteiger partial charge on any atom is 0.191 e. The highest BCUT2D eigenvalue weighted by molar-refractivity contribution is 14.0. The van der Waals surface area contributed by atoms with Crippen molar-refractivity contribution in [1.29, 1.82) is 0 Å². The first-order chi connectivity index (χ1) is 11.3. The SMILES string of the molecule is CCNC(=NCCCc1cnn(C)c1)NCCCOCC1CC1.I. The average Bonchev–Trinajstić information content (AvgIpc) is 3.27. The van der Waals surface area contributed by atoms with Gasteiger partial charge in [-0.05, 0) is 50.5 Å². The third-order valence-electron chi connectivity index (χ3n) is 3.80. The van der Waals surface area contributed by atoms with Crippen LogP contribution in [0.25, 0.3) is 0 Å². The summed E-state index contributed by atoms with van der Waals surface area (Å²) in [5, 5.41) is 10.8. The molecule has 138 valence electrons. The Balaban J connectivity index is 0.00000288. The topological polar surface area (TPSA) is 63.5 Å². The molecule has 0 radical (unpaired) electrons. The monoisotopic (exact) mass is 449 g/mol. The molecular formula is C17H32IN5O. The second kappa shape index (κ2) is 12.5. The number of rotatable bonds is 11. The van der Waals surface area contributed by atoms with Gasteiger partial charge in [0, 0.05) is 46.1 Å². The largest absolute Gasteiger partial charge is 0.381 e. The van der Waals surface area contributed by atoms with Gasteiger partial charge in [0.15, 0.2) is 5.96 Å². The minimum absolute atomic E-state index is 0. The van der Waals surface area contributed by atoms with Gasteiger partial charge >= 0.3 is 0 Å². The molecule has 24 heavy (non-hydrogen) atoms. The Hall–Kier alpha value is -0.830. The maximum atomic E-state index is 5.64. The van der Waals surface area contributed by atoms with Crippen LogP contribution in [-0.4, -0.2) is 48.6 Å². The molecule has 0 aliphatic heterocycles. The van der Waals surface area contributed by atoms with Gasteiger partial charge in [-0.15, -0.1) is 24.0 Å². The number of hydrogen-bond acceptors (Lipinski definition) is 3. The van der Waals surface area contributed by atoms with Crippen LogP contribution in [0.15, 0.2) is 17.4 Å². The summed E-state index contributed by atoms with van der Waals surface area (Å²) in [6.45, 7) is 6.48. The van der Waals surface area contributed by atoms with Crippen molar-refractivity contribution in [3.05, 3.63) is 18.0 Å². The van der Waals surface area contributed by atoms with Crippen molar-refractivity contribution < 1.29 is 4.74 Å². The Labute approximate surface area is 162 Å². The smallest absolute Gasteiger partial charge is 0.191 e. The van der Waals surface area contributed by atoms with Crippen molar-refractivity contribution in [2.24, 2.45) is 18.0 Å². The van der Waals surface area contributed by atoms with Crippen LogP contribution >= 0.6 is 24.0 Å². The number of halogens is 1. The van der Waals surface area contributed by atoms with Gasteiger partial charge in [-0.1, -0.05) is 0 Å². The van der Waals surface area contributed by atoms with Gasteiger partial charge in [0.2, 0.25) is 0 Å². The molecule has 0 saturated heterocycles. The summed E-state index contributed by atoms with van der Waals surface area (Å²) in [6, 6.07) is 0. The molecule has 2 rings (SSSR count). The van der Waals surface area contributed by atoms with E-state index >= 15 is 0 Å². The number of hydrogen-bond donors (Lipinski definition) is 2. The minimum atomic E-state index is 0. The second-order valence-electron chi connectivity index (χ2n) is 6.19. The number of aliphatic imine (C=N–C) groups is 1. The highest BCUT2D eigenvalue weighted by Gasteiger charge is 2.20. The predicted octanol–water partition coefficient (Wildman–Crippen LogP) is 2.34. The quantitative estimate of drug-likeness (QED) is 0.236. The van der Waals surface area contributed by atoms with E-state index in [1.165, 1.54) is 18.4 Å². The molecular weight excluding hydrogens is 417 g/mol. The number of nitrogens with zero attached hydrogens (tertiary/aromatic N) is 3. The summed E-state index contributed by atoms with van der Waals surface area (Å²) in [5.74, 6) is 1.75. The standard InChI is InChI=1S/C17H31N5O.HI/c1-3-18-17(20-10-5-11-23-14-15-7-8-15)19-9-4-6-16-12-21-22(2)13-16;/h12-13,15H,3-11,14H2,1-2H3,(H2,18,19,20);1H. The molecule has 1 aromatic rings. The van der Waals surface area contributed by atoms with Gasteiger partial charge in [0.05, 0.1) is 6.20 Å². The van der Waals surface area contributed by atoms with Gasteiger partial charge in [-0.25, -0.2) is 0 Å². The highest BCUT2D eigenvalue weighted by atomic mass is 127. The third kappa shape index (κ3) is 9.46. The Morgan fingerprint density at radius 2 is 2.21 bits per heavy atom. The van der Waals surface area contributed by atoms with Crippen LogP contribution in [-0.2, 0) is 18.2 Å². The Kier molecular flexibility index (Phi) is 11.1. The fraction of sp³-hybridized carbons (Fsp3) is 0.765. The molecule has 7 heteroatoms. The minimum Gasteiger partial charge on any atom is -0.381 e. The zero-order chi connectivity index (χ0) is 16.3. The molecule has 1 aromatic heterocycles. The summed E-state index contributed by atoms with van der Waals surface area (Å²) >= 11 is 0. The van der Waals surface area contributed by atoms with E-state index in [2.05, 4.69) is 33.8 Å². The van der Waals surface area contributed by atoms with Gasteiger partial charge in [0.25, 0.3) is 0 Å². The molecule has 0 amide bonds. The van der Waals surface area contributed by atoms with Crippen molar-refractivity contribution >= 4 is 29.9 Å². The number of nitrogens with one attached hydrogen (secondary N) is 2. The lowest BCUT2D eigenvalue weighted by Gasteiger charge is -2.11. The molecule has 1 aliphatic carbocycles. The van der Waals surface area contributed by atoms with Crippen molar-refractivity contribution in [1.82, 2.24) is 20.4 Å². The molecule has 1 fully saturated rings. The zero-order valence-corrected chi connectivity index (χ0v) is 17.3. The molecule has 0 unspecified atom stereocenters. The van der Waals surface area contributed by atoms with Crippen LogP contribution in [0.4, 0.5) is 0 Å². The van der Waals surface area contributed by atoms with E-state index in [0.717, 1.165) is 64.0 Å². The van der Waals surface area contributed by atoms with Crippen LogP contribution in [0, 0.1) is 5.92 Å². The first kappa shape index (κ1) is 21.2. The van der Waals surface area contributed by atoms with Crippen LogP contribution < -0.4 is 10.6 Å². The molecule has 1 heterocycles. The first-order valence-corrected chi connectivity index (χ1v) is 8.85. The van der Waals surface area contributed by atoms with E-state index in [1.54, 1.807) is 0 Å². The number of aromatic nitrogens is 2. The summed E-state index contributed by atoms with van der Waals surface area (Å²) in [4.78, 5) is 4.62. The molecule has 1 saturated carbocycles. The number of aryl methyl sites for hydroxylation is 2. The molecule has 0 spiro atoms. The summed E-state index contributed by atoms with van der Waals surface area (Å²) in [7, 11) is 1.95. The highest BCUT2D eigenvalue weighted by Crippen LogP contribution is 2.28. The van der Waals surface area contributed by atoms with Crippen molar-refractivity contribution in [3.8, 4) is 0 Å². The molecule has 0 atom stereocenters. The lowest BCUT2D eigenvalue weighted by molar-refractivity contribution is 0.123. The van der Waals surface area contributed by atoms with E-state index < -0.39 is 0 Å². The van der Waals surface area contributed by atoms with Crippen molar-refractivity contribution in [2.75, 3.05) is 32.8 Å². The van der Waals surface area contributed by atoms with Gasteiger partial charge in [-0.2, -0.15) is 5.10 Å². The third-order valence-corrected chi connectivity index (χ3v) is 3.80. The molecule has 6 nitrogen and oxygen atoms in total. The molecule has 1 aliphatic rings. The maximum absolute atomic E-state index is 5.64. The van der Waals surface area contributed by atoms with E-state index in [4.69, 9.17) is 4.74 Å². The predicted molar refractivity (Wildman–Crippen MR) is 109 cm³/mol. The van der Waals surface area contributed by atoms with Gasteiger partial charge in [-0.3, -0.25) is 9.67 Å². The molecule has 0 aromatic carbocycles. The normalized spacial score (nSPS) is 14.3. The lowest BCUT2D eigenvalue weighted by Crippen LogP contribution is -2.38. The Morgan fingerprint density at radius 3 is 2.88 bits per heavy atom. The average molecular weight is 449 g/mol. The van der Waals surface area contributed by atoms with Crippen LogP contribution in [0.2, 0.25) is 0 Å². The number of ether oxygens (including phenoxy) is 1. The van der Waals surface area contributed by atoms with Crippen LogP contribution in [0.5, 0.6) is 0 Å². The van der Waals surface area contributed by atoms with E-state index in [1.807, 2.05) is 17.9 Å². The van der Waals surface area contributed by atoms with E-state index in [9.17, 15) is 0 Å². The second-order valence-corrected chi connectivity index (χ2v) is 6.19. The van der Waals surface area contributed by atoms with Crippen LogP contribution in [0.1, 0.15) is 38.2 Å². The summed E-state index contributed by atoms with van der Waals surface area (Å²) in [5.41, 5.74) is 1.27. The van der Waals surface area contributed by atoms with Gasteiger partial charge < -0.3 is 15.4 Å².